The van der Waals surface area contributed by atoms with Gasteiger partial charge in [-0.2, -0.15) is 0 Å². The molecule has 0 aromatic heterocycles. The van der Waals surface area contributed by atoms with Gasteiger partial charge in [-0.1, -0.05) is 13.8 Å². The predicted octanol–water partition coefficient (Wildman–Crippen LogP) is 0.490. The highest BCUT2D eigenvalue weighted by atomic mass is 16.2. The summed E-state index contributed by atoms with van der Waals surface area (Å²) in [6, 6.07) is -0.178. The normalized spacial score (nSPS) is 21.5. The summed E-state index contributed by atoms with van der Waals surface area (Å²) >= 11 is 0. The monoisotopic (exact) mass is 143 g/mol. The molecule has 1 rings (SSSR count). The largest absolute Gasteiger partial charge is 0.346 e. The average molecular weight is 143 g/mol. The van der Waals surface area contributed by atoms with Crippen LogP contribution in [0.15, 0.2) is 0 Å². The van der Waals surface area contributed by atoms with Crippen molar-refractivity contribution in [1.29, 1.82) is 0 Å². The Kier molecular flexibility index (Phi) is 3.69. The molecule has 0 aliphatic carbocycles. The van der Waals surface area contributed by atoms with Gasteiger partial charge in [0.25, 0.3) is 0 Å². The second kappa shape index (κ2) is 4.04. The highest BCUT2D eigenvalue weighted by Crippen LogP contribution is 2.03. The number of hydrogen-bond acceptors (Lipinski definition) is 2. The SMILES string of the molecule is CC.CC(=O)C1CC(=O)N1. The molecule has 3 heteroatoms. The predicted molar refractivity (Wildman–Crippen MR) is 38.6 cm³/mol. The molecule has 1 fully saturated rings. The second-order valence-electron chi connectivity index (χ2n) is 1.93. The van der Waals surface area contributed by atoms with E-state index in [0.29, 0.717) is 6.42 Å². The van der Waals surface area contributed by atoms with Crippen molar-refractivity contribution in [3.63, 3.8) is 0 Å². The van der Waals surface area contributed by atoms with Gasteiger partial charge >= 0.3 is 0 Å². The molecule has 1 amide bonds. The van der Waals surface area contributed by atoms with Gasteiger partial charge < -0.3 is 5.32 Å². The number of amides is 1. The Hall–Kier alpha value is -0.860. The lowest BCUT2D eigenvalue weighted by molar-refractivity contribution is -0.135. The average Bonchev–Trinajstić information content (AvgIpc) is 1.86. The fourth-order valence-electron chi connectivity index (χ4n) is 0.604. The lowest BCUT2D eigenvalue weighted by Gasteiger charge is -2.23. The number of rotatable bonds is 1. The summed E-state index contributed by atoms with van der Waals surface area (Å²) in [5.74, 6) is 0.0230. The molecule has 10 heavy (non-hydrogen) atoms. The zero-order chi connectivity index (χ0) is 8.15. The molecule has 1 aliphatic rings. The quantitative estimate of drug-likeness (QED) is 0.543. The Bertz CT molecular complexity index is 135. The maximum absolute atomic E-state index is 10.4. The van der Waals surface area contributed by atoms with Crippen LogP contribution in [-0.4, -0.2) is 17.7 Å². The molecule has 0 radical (unpaired) electrons. The second-order valence-corrected chi connectivity index (χ2v) is 1.93. The Morgan fingerprint density at radius 2 is 2.00 bits per heavy atom. The summed E-state index contributed by atoms with van der Waals surface area (Å²) in [6.45, 7) is 5.48. The topological polar surface area (TPSA) is 46.2 Å². The van der Waals surface area contributed by atoms with E-state index in [-0.39, 0.29) is 17.7 Å². The molecule has 1 saturated heterocycles. The maximum Gasteiger partial charge on any atom is 0.223 e. The van der Waals surface area contributed by atoms with Crippen LogP contribution >= 0.6 is 0 Å². The molecule has 0 aromatic rings. The van der Waals surface area contributed by atoms with Crippen LogP contribution < -0.4 is 5.32 Å². The molecule has 1 N–H and O–H groups in total. The van der Waals surface area contributed by atoms with E-state index in [4.69, 9.17) is 0 Å². The van der Waals surface area contributed by atoms with Crippen LogP contribution in [0, 0.1) is 0 Å². The Labute approximate surface area is 60.8 Å². The van der Waals surface area contributed by atoms with E-state index in [9.17, 15) is 9.59 Å². The first kappa shape index (κ1) is 9.14. The third-order valence-electron chi connectivity index (χ3n) is 1.22. The van der Waals surface area contributed by atoms with Crippen LogP contribution in [0.2, 0.25) is 0 Å². The van der Waals surface area contributed by atoms with E-state index in [0.717, 1.165) is 0 Å². The van der Waals surface area contributed by atoms with E-state index in [1.807, 2.05) is 13.8 Å². The smallest absolute Gasteiger partial charge is 0.223 e. The molecule has 0 bridgehead atoms. The summed E-state index contributed by atoms with van der Waals surface area (Å²) in [7, 11) is 0. The van der Waals surface area contributed by atoms with Crippen LogP contribution in [0.1, 0.15) is 27.2 Å². The molecule has 1 heterocycles. The van der Waals surface area contributed by atoms with E-state index in [2.05, 4.69) is 5.32 Å². The number of carbonyl (C=O) groups excluding carboxylic acids is 2. The summed E-state index contributed by atoms with van der Waals surface area (Å²) in [5, 5.41) is 2.45. The highest BCUT2D eigenvalue weighted by molar-refractivity contribution is 5.97. The molecule has 58 valence electrons. The number of ketones is 1. The molecular weight excluding hydrogens is 130 g/mol. The highest BCUT2D eigenvalue weighted by Gasteiger charge is 2.28. The van der Waals surface area contributed by atoms with Gasteiger partial charge in [0.15, 0.2) is 5.78 Å². The molecule has 0 aromatic carbocycles. The fourth-order valence-corrected chi connectivity index (χ4v) is 0.604. The first-order valence-electron chi connectivity index (χ1n) is 3.50. The zero-order valence-corrected chi connectivity index (χ0v) is 6.60. The first-order valence-corrected chi connectivity index (χ1v) is 3.50. The van der Waals surface area contributed by atoms with Crippen molar-refractivity contribution < 1.29 is 9.59 Å². The molecule has 0 spiro atoms. The van der Waals surface area contributed by atoms with Crippen LogP contribution in [0.3, 0.4) is 0 Å². The maximum atomic E-state index is 10.4. The first-order chi connectivity index (χ1) is 4.70. The molecule has 1 aliphatic heterocycles. The van der Waals surface area contributed by atoms with Crippen LogP contribution in [0.4, 0.5) is 0 Å². The lowest BCUT2D eigenvalue weighted by Crippen LogP contribution is -2.52. The van der Waals surface area contributed by atoms with Crippen molar-refractivity contribution >= 4 is 11.7 Å². The third-order valence-corrected chi connectivity index (χ3v) is 1.22. The van der Waals surface area contributed by atoms with Crippen LogP contribution in [0.25, 0.3) is 0 Å². The van der Waals surface area contributed by atoms with Gasteiger partial charge in [-0.05, 0) is 6.92 Å². The minimum Gasteiger partial charge on any atom is -0.346 e. The van der Waals surface area contributed by atoms with Gasteiger partial charge in [-0.3, -0.25) is 9.59 Å². The van der Waals surface area contributed by atoms with E-state index in [1.54, 1.807) is 0 Å². The van der Waals surface area contributed by atoms with Gasteiger partial charge in [-0.25, -0.2) is 0 Å². The number of hydrogen-bond donors (Lipinski definition) is 1. The van der Waals surface area contributed by atoms with Gasteiger partial charge in [0.05, 0.1) is 12.5 Å². The van der Waals surface area contributed by atoms with Crippen molar-refractivity contribution in [2.75, 3.05) is 0 Å². The van der Waals surface area contributed by atoms with E-state index >= 15 is 0 Å². The van der Waals surface area contributed by atoms with E-state index in [1.165, 1.54) is 6.92 Å². The van der Waals surface area contributed by atoms with Crippen molar-refractivity contribution in [3.8, 4) is 0 Å². The molecule has 3 nitrogen and oxygen atoms in total. The minimum atomic E-state index is -0.178. The Morgan fingerprint density at radius 1 is 1.60 bits per heavy atom. The number of β-lactam (4-membered cyclic amide) rings is 1. The Morgan fingerprint density at radius 3 is 2.10 bits per heavy atom. The molecule has 0 saturated carbocycles. The Balaban J connectivity index is 0.000000371. The van der Waals surface area contributed by atoms with Crippen molar-refractivity contribution in [2.45, 2.75) is 33.2 Å². The summed E-state index contributed by atoms with van der Waals surface area (Å²) in [6.07, 6.45) is 0.384. The number of nitrogens with one attached hydrogen (secondary N) is 1. The standard InChI is InChI=1S/C5H7NO2.C2H6/c1-3(7)4-2-5(8)6-4;1-2/h4H,2H2,1H3,(H,6,8);1-2H3. The molecule has 1 atom stereocenters. The van der Waals surface area contributed by atoms with Crippen LogP contribution in [0.5, 0.6) is 0 Å². The van der Waals surface area contributed by atoms with Gasteiger partial charge in [0.1, 0.15) is 0 Å². The van der Waals surface area contributed by atoms with Crippen molar-refractivity contribution in [3.05, 3.63) is 0 Å². The minimum absolute atomic E-state index is 0.0230. The lowest BCUT2D eigenvalue weighted by atomic mass is 10.0. The molecular formula is C7H13NO2. The summed E-state index contributed by atoms with van der Waals surface area (Å²) in [5.41, 5.74) is 0. The van der Waals surface area contributed by atoms with Crippen LogP contribution in [-0.2, 0) is 9.59 Å². The number of Topliss-reactive ketones (excluding diaryl/α,β-unsaturated/α-hetero) is 1. The zero-order valence-electron chi connectivity index (χ0n) is 6.60. The van der Waals surface area contributed by atoms with Crippen molar-refractivity contribution in [2.24, 2.45) is 0 Å². The molecule has 1 unspecified atom stereocenters. The summed E-state index contributed by atoms with van der Waals surface area (Å²) in [4.78, 5) is 20.5. The van der Waals surface area contributed by atoms with Gasteiger partial charge in [0, 0.05) is 0 Å². The van der Waals surface area contributed by atoms with E-state index < -0.39 is 0 Å². The van der Waals surface area contributed by atoms with Gasteiger partial charge in [-0.15, -0.1) is 0 Å². The number of carbonyl (C=O) groups is 2. The summed E-state index contributed by atoms with van der Waals surface area (Å²) < 4.78 is 0. The van der Waals surface area contributed by atoms with Crippen molar-refractivity contribution in [1.82, 2.24) is 5.32 Å². The third kappa shape index (κ3) is 2.17. The van der Waals surface area contributed by atoms with Gasteiger partial charge in [0.2, 0.25) is 5.91 Å². The fraction of sp³-hybridized carbons (Fsp3) is 0.714.